The van der Waals surface area contributed by atoms with Gasteiger partial charge in [0.2, 0.25) is 0 Å². The third-order valence-corrected chi connectivity index (χ3v) is 12.6. The molecule has 12 unspecified atom stereocenters. The summed E-state index contributed by atoms with van der Waals surface area (Å²) in [5, 5.41) is 37.4. The van der Waals surface area contributed by atoms with Crippen molar-refractivity contribution in [2.75, 3.05) is 41.0 Å². The van der Waals surface area contributed by atoms with Crippen LogP contribution >= 0.6 is 0 Å². The van der Waals surface area contributed by atoms with Crippen LogP contribution in [0.4, 0.5) is 0 Å². The van der Waals surface area contributed by atoms with Gasteiger partial charge in [0.25, 0.3) is 0 Å². The zero-order valence-electron chi connectivity index (χ0n) is 23.9. The van der Waals surface area contributed by atoms with Crippen molar-refractivity contribution < 1.29 is 39.1 Å². The summed E-state index contributed by atoms with van der Waals surface area (Å²) in [6.07, 6.45) is 1.15. The second-order valence-electron chi connectivity index (χ2n) is 13.5. The Morgan fingerprint density at radius 1 is 1.10 bits per heavy atom. The van der Waals surface area contributed by atoms with E-state index in [4.69, 9.17) is 18.9 Å². The van der Waals surface area contributed by atoms with E-state index in [1.165, 1.54) is 0 Å². The number of hydrogen-bond donors (Lipinski definition) is 3. The summed E-state index contributed by atoms with van der Waals surface area (Å²) in [6, 6.07) is 6.70. The molecule has 40 heavy (non-hydrogen) atoms. The smallest absolute Gasteiger partial charge is 0.338 e. The summed E-state index contributed by atoms with van der Waals surface area (Å²) < 4.78 is 23.6. The van der Waals surface area contributed by atoms with Crippen LogP contribution in [-0.2, 0) is 14.2 Å². The molecular formula is C31H43NO8. The fraction of sp³-hybridized carbons (Fsp3) is 0.774. The van der Waals surface area contributed by atoms with Gasteiger partial charge in [-0.15, -0.1) is 0 Å². The van der Waals surface area contributed by atoms with Crippen LogP contribution in [0.3, 0.4) is 0 Å². The van der Waals surface area contributed by atoms with Crippen LogP contribution in [0.15, 0.2) is 24.3 Å². The Balaban J connectivity index is 1.36. The lowest BCUT2D eigenvalue weighted by molar-refractivity contribution is -0.324. The molecule has 1 saturated heterocycles. The van der Waals surface area contributed by atoms with Crippen LogP contribution in [0.25, 0.3) is 0 Å². The zero-order chi connectivity index (χ0) is 28.2. The predicted molar refractivity (Wildman–Crippen MR) is 144 cm³/mol. The molecule has 9 heteroatoms. The van der Waals surface area contributed by atoms with E-state index in [2.05, 4.69) is 11.8 Å². The van der Waals surface area contributed by atoms with Crippen molar-refractivity contribution in [3.05, 3.63) is 29.8 Å². The number of aliphatic hydroxyl groups is 3. The van der Waals surface area contributed by atoms with E-state index in [-0.39, 0.29) is 36.3 Å². The molecule has 1 heterocycles. The van der Waals surface area contributed by atoms with Crippen molar-refractivity contribution >= 4 is 5.97 Å². The Labute approximate surface area is 235 Å². The van der Waals surface area contributed by atoms with Crippen LogP contribution < -0.4 is 4.74 Å². The molecule has 0 radical (unpaired) electrons. The van der Waals surface area contributed by atoms with Gasteiger partial charge in [0.1, 0.15) is 11.9 Å². The number of piperidine rings is 1. The monoisotopic (exact) mass is 557 g/mol. The van der Waals surface area contributed by atoms with E-state index < -0.39 is 46.1 Å². The molecule has 3 N–H and O–H groups in total. The van der Waals surface area contributed by atoms with Gasteiger partial charge in [0.15, 0.2) is 0 Å². The van der Waals surface area contributed by atoms with Crippen molar-refractivity contribution in [3.8, 4) is 5.75 Å². The van der Waals surface area contributed by atoms with Crippen molar-refractivity contribution in [1.29, 1.82) is 0 Å². The molecule has 0 amide bonds. The van der Waals surface area contributed by atoms with Gasteiger partial charge in [-0.2, -0.15) is 0 Å². The molecule has 7 bridgehead atoms. The highest BCUT2D eigenvalue weighted by Gasteiger charge is 2.88. The average molecular weight is 558 g/mol. The van der Waals surface area contributed by atoms with Gasteiger partial charge in [0, 0.05) is 61.8 Å². The van der Waals surface area contributed by atoms with Gasteiger partial charge >= 0.3 is 5.97 Å². The number of nitrogens with zero attached hydrogens (tertiary/aromatic N) is 1. The van der Waals surface area contributed by atoms with Crippen LogP contribution in [0.1, 0.15) is 49.4 Å². The second kappa shape index (κ2) is 8.88. The molecule has 12 atom stereocenters. The highest BCUT2D eigenvalue weighted by atomic mass is 16.5. The Morgan fingerprint density at radius 2 is 1.85 bits per heavy atom. The van der Waals surface area contributed by atoms with Crippen molar-refractivity contribution in [1.82, 2.24) is 4.90 Å². The lowest BCUT2D eigenvalue weighted by Crippen LogP contribution is -2.81. The molecule has 9 nitrogen and oxygen atoms in total. The Hall–Kier alpha value is -1.75. The molecule has 6 aliphatic rings. The normalized spacial score (nSPS) is 50.1. The summed E-state index contributed by atoms with van der Waals surface area (Å²) in [6.45, 7) is 4.09. The first kappa shape index (κ1) is 27.1. The number of aliphatic hydroxyl groups excluding tert-OH is 1. The summed E-state index contributed by atoms with van der Waals surface area (Å²) in [5.41, 5.74) is -3.14. The fourth-order valence-corrected chi connectivity index (χ4v) is 11.4. The number of rotatable bonds is 7. The number of ether oxygens (including phenoxy) is 4. The van der Waals surface area contributed by atoms with Gasteiger partial charge in [-0.05, 0) is 62.4 Å². The first-order valence-corrected chi connectivity index (χ1v) is 14.9. The van der Waals surface area contributed by atoms with Crippen molar-refractivity contribution in [2.24, 2.45) is 34.5 Å². The third-order valence-electron chi connectivity index (χ3n) is 12.6. The van der Waals surface area contributed by atoms with E-state index in [1.807, 2.05) is 0 Å². The maximum Gasteiger partial charge on any atom is 0.338 e. The molecular weight excluding hydrogens is 514 g/mol. The second-order valence-corrected chi connectivity index (χ2v) is 13.5. The number of methoxy groups -OCH3 is 3. The van der Waals surface area contributed by atoms with Crippen LogP contribution in [0.5, 0.6) is 5.75 Å². The molecule has 1 aromatic rings. The summed E-state index contributed by atoms with van der Waals surface area (Å²) in [4.78, 5) is 15.9. The third kappa shape index (κ3) is 2.97. The number of fused-ring (bicyclic) bond motifs is 2. The van der Waals surface area contributed by atoms with E-state index in [0.29, 0.717) is 37.3 Å². The lowest BCUT2D eigenvalue weighted by Gasteiger charge is -2.71. The molecule has 1 aliphatic heterocycles. The molecule has 1 spiro atoms. The summed E-state index contributed by atoms with van der Waals surface area (Å²) in [5.74, 6) is -1.01. The SMILES string of the molecule is CCN1CC2(COC)CCC(OC)C34C5CC6C(O)CC(O)(C(CC23O)C14)C5C6OC(=O)c1ccc(OC)cc1. The molecule has 5 aliphatic carbocycles. The molecule has 5 saturated carbocycles. The number of esters is 1. The van der Waals surface area contributed by atoms with Crippen molar-refractivity contribution in [3.63, 3.8) is 0 Å². The van der Waals surface area contributed by atoms with Crippen LogP contribution in [0, 0.1) is 34.5 Å². The molecule has 6 fully saturated rings. The quantitative estimate of drug-likeness (QED) is 0.432. The highest BCUT2D eigenvalue weighted by Crippen LogP contribution is 2.80. The molecule has 7 rings (SSSR count). The first-order valence-electron chi connectivity index (χ1n) is 14.9. The maximum absolute atomic E-state index is 13.4. The van der Waals surface area contributed by atoms with Crippen molar-refractivity contribution in [2.45, 2.75) is 74.6 Å². The minimum absolute atomic E-state index is 0.0917. The van der Waals surface area contributed by atoms with Gasteiger partial charge in [-0.1, -0.05) is 6.92 Å². The number of carbonyl (C=O) groups is 1. The molecule has 220 valence electrons. The maximum atomic E-state index is 13.4. The van der Waals surface area contributed by atoms with Gasteiger partial charge in [0.05, 0.1) is 42.7 Å². The van der Waals surface area contributed by atoms with E-state index in [0.717, 1.165) is 19.4 Å². The average Bonchev–Trinajstić information content (AvgIpc) is 3.37. The Bertz CT molecular complexity index is 1180. The summed E-state index contributed by atoms with van der Waals surface area (Å²) in [7, 11) is 5.02. The minimum Gasteiger partial charge on any atom is -0.497 e. The summed E-state index contributed by atoms with van der Waals surface area (Å²) >= 11 is 0. The predicted octanol–water partition coefficient (Wildman–Crippen LogP) is 1.87. The number of benzene rings is 1. The highest BCUT2D eigenvalue weighted by molar-refractivity contribution is 5.89. The number of hydrogen-bond acceptors (Lipinski definition) is 9. The van der Waals surface area contributed by atoms with E-state index in [1.54, 1.807) is 45.6 Å². The number of likely N-dealkylation sites (tertiary alicyclic amines) is 1. The van der Waals surface area contributed by atoms with Gasteiger partial charge in [-0.3, -0.25) is 4.90 Å². The molecule has 1 aromatic carbocycles. The minimum atomic E-state index is -1.28. The number of carbonyl (C=O) groups excluding carboxylic acids is 1. The first-order chi connectivity index (χ1) is 19.2. The van der Waals surface area contributed by atoms with E-state index >= 15 is 0 Å². The standard InChI is InChI=1S/C31H43NO8/c1-5-32-15-28(16-37-2)11-10-23(39-4)31-20-12-19-22(33)14-29(35,21(26(31)32)13-30(28,31)36)24(20)25(19)40-27(34)17-6-8-18(38-3)9-7-17/h6-9,19-26,33,35-36H,5,10-16H2,1-4H3. The van der Waals surface area contributed by atoms with Crippen LogP contribution in [0.2, 0.25) is 0 Å². The van der Waals surface area contributed by atoms with Crippen LogP contribution in [-0.4, -0.2) is 103 Å². The van der Waals surface area contributed by atoms with E-state index in [9.17, 15) is 20.1 Å². The fourth-order valence-electron chi connectivity index (χ4n) is 11.4. The van der Waals surface area contributed by atoms with Gasteiger partial charge in [-0.25, -0.2) is 4.79 Å². The Morgan fingerprint density at radius 3 is 2.50 bits per heavy atom. The largest absolute Gasteiger partial charge is 0.497 e. The molecule has 0 aromatic heterocycles. The Kier molecular flexibility index (Phi) is 6.02. The topological polar surface area (TPSA) is 118 Å². The van der Waals surface area contributed by atoms with Gasteiger partial charge < -0.3 is 34.3 Å². The lowest BCUT2D eigenvalue weighted by atomic mass is 9.41. The zero-order valence-corrected chi connectivity index (χ0v) is 23.9.